The Morgan fingerprint density at radius 2 is 2.43 bits per heavy atom. The van der Waals surface area contributed by atoms with Crippen LogP contribution in [0.15, 0.2) is 23.2 Å². The second kappa shape index (κ2) is 2.99. The van der Waals surface area contributed by atoms with Crippen LogP contribution in [0.5, 0.6) is 0 Å². The number of carbonyl (C=O) groups is 1. The summed E-state index contributed by atoms with van der Waals surface area (Å²) in [7, 11) is 1.74. The lowest BCUT2D eigenvalue weighted by atomic mass is 10.2. The summed E-state index contributed by atoms with van der Waals surface area (Å²) in [5, 5.41) is 16.3. The van der Waals surface area contributed by atoms with Crippen LogP contribution in [0.1, 0.15) is 10.4 Å². The predicted octanol–water partition coefficient (Wildman–Crippen LogP) is 0.773. The van der Waals surface area contributed by atoms with Crippen molar-refractivity contribution in [1.29, 1.82) is 0 Å². The Morgan fingerprint density at radius 3 is 3.00 bits per heavy atom. The van der Waals surface area contributed by atoms with E-state index in [1.165, 1.54) is 6.20 Å². The summed E-state index contributed by atoms with van der Waals surface area (Å²) in [5.74, 6) is -1.06. The van der Waals surface area contributed by atoms with Crippen LogP contribution in [-0.4, -0.2) is 26.0 Å². The standard InChI is InChI=1S/C8H7N3O3/c1-11-3-5(2-9-11)7-6(8(12)13)4-14-10-7/h2-4H,1H3,(H,12,13). The molecular weight excluding hydrogens is 186 g/mol. The SMILES string of the molecule is Cn1cc(-c2nocc2C(=O)O)cn1. The maximum atomic E-state index is 10.7. The van der Waals surface area contributed by atoms with Crippen LogP contribution in [0.2, 0.25) is 0 Å². The Kier molecular flexibility index (Phi) is 1.81. The molecule has 0 bridgehead atoms. The van der Waals surface area contributed by atoms with Crippen molar-refractivity contribution < 1.29 is 14.4 Å². The third-order valence-corrected chi connectivity index (χ3v) is 1.78. The highest BCUT2D eigenvalue weighted by Crippen LogP contribution is 2.20. The number of carboxylic acids is 1. The van der Waals surface area contributed by atoms with Crippen molar-refractivity contribution in [3.05, 3.63) is 24.2 Å². The van der Waals surface area contributed by atoms with Crippen LogP contribution in [-0.2, 0) is 7.05 Å². The Hall–Kier alpha value is -2.11. The maximum Gasteiger partial charge on any atom is 0.341 e. The van der Waals surface area contributed by atoms with E-state index in [0.717, 1.165) is 6.26 Å². The van der Waals surface area contributed by atoms with Crippen molar-refractivity contribution in [1.82, 2.24) is 14.9 Å². The van der Waals surface area contributed by atoms with Gasteiger partial charge in [0.15, 0.2) is 0 Å². The van der Waals surface area contributed by atoms with E-state index in [2.05, 4.69) is 14.8 Å². The van der Waals surface area contributed by atoms with Crippen LogP contribution in [0.25, 0.3) is 11.3 Å². The largest absolute Gasteiger partial charge is 0.477 e. The third-order valence-electron chi connectivity index (χ3n) is 1.78. The minimum absolute atomic E-state index is 0.0398. The molecule has 2 aromatic heterocycles. The molecule has 6 heteroatoms. The smallest absolute Gasteiger partial charge is 0.341 e. The summed E-state index contributed by atoms with van der Waals surface area (Å²) in [6, 6.07) is 0. The minimum Gasteiger partial charge on any atom is -0.477 e. The van der Waals surface area contributed by atoms with Gasteiger partial charge >= 0.3 is 5.97 Å². The molecule has 0 aromatic carbocycles. The molecule has 72 valence electrons. The van der Waals surface area contributed by atoms with Gasteiger partial charge in [0, 0.05) is 18.8 Å². The monoisotopic (exact) mass is 193 g/mol. The fraction of sp³-hybridized carbons (Fsp3) is 0.125. The highest BCUT2D eigenvalue weighted by molar-refractivity contribution is 5.94. The third kappa shape index (κ3) is 1.26. The average molecular weight is 193 g/mol. The summed E-state index contributed by atoms with van der Waals surface area (Å²) >= 11 is 0. The Balaban J connectivity index is 2.51. The first kappa shape index (κ1) is 8.49. The molecule has 0 radical (unpaired) electrons. The molecule has 14 heavy (non-hydrogen) atoms. The van der Waals surface area contributed by atoms with E-state index in [4.69, 9.17) is 5.11 Å². The summed E-state index contributed by atoms with van der Waals surface area (Å²) in [6.07, 6.45) is 4.30. The molecular formula is C8H7N3O3. The fourth-order valence-corrected chi connectivity index (χ4v) is 1.14. The number of rotatable bonds is 2. The lowest BCUT2D eigenvalue weighted by Gasteiger charge is -1.90. The van der Waals surface area contributed by atoms with E-state index >= 15 is 0 Å². The molecule has 0 aliphatic rings. The predicted molar refractivity (Wildman–Crippen MR) is 45.7 cm³/mol. The van der Waals surface area contributed by atoms with Crippen LogP contribution in [0.3, 0.4) is 0 Å². The highest BCUT2D eigenvalue weighted by Gasteiger charge is 2.17. The number of carboxylic acid groups (broad SMARTS) is 1. The van der Waals surface area contributed by atoms with Gasteiger partial charge in [0.25, 0.3) is 0 Å². The van der Waals surface area contributed by atoms with Gasteiger partial charge in [-0.15, -0.1) is 0 Å². The molecule has 0 saturated carbocycles. The zero-order valence-electron chi connectivity index (χ0n) is 7.34. The van der Waals surface area contributed by atoms with E-state index in [9.17, 15) is 4.79 Å². The zero-order valence-corrected chi connectivity index (χ0v) is 7.34. The van der Waals surface area contributed by atoms with E-state index in [-0.39, 0.29) is 5.56 Å². The first-order chi connectivity index (χ1) is 6.68. The fourth-order valence-electron chi connectivity index (χ4n) is 1.14. The van der Waals surface area contributed by atoms with E-state index in [1.807, 2.05) is 0 Å². The van der Waals surface area contributed by atoms with E-state index in [1.54, 1.807) is 17.9 Å². The van der Waals surface area contributed by atoms with Crippen molar-refractivity contribution in [2.45, 2.75) is 0 Å². The average Bonchev–Trinajstić information content (AvgIpc) is 2.70. The highest BCUT2D eigenvalue weighted by atomic mass is 16.5. The van der Waals surface area contributed by atoms with Crippen molar-refractivity contribution >= 4 is 5.97 Å². The second-order valence-corrected chi connectivity index (χ2v) is 2.78. The number of hydrogen-bond donors (Lipinski definition) is 1. The molecule has 2 rings (SSSR count). The quantitative estimate of drug-likeness (QED) is 0.761. The summed E-state index contributed by atoms with van der Waals surface area (Å²) in [6.45, 7) is 0. The Labute approximate surface area is 78.7 Å². The first-order valence-electron chi connectivity index (χ1n) is 3.85. The minimum atomic E-state index is -1.06. The molecule has 0 fully saturated rings. The Morgan fingerprint density at radius 1 is 1.64 bits per heavy atom. The molecule has 2 aromatic rings. The van der Waals surface area contributed by atoms with Gasteiger partial charge in [-0.05, 0) is 0 Å². The summed E-state index contributed by atoms with van der Waals surface area (Å²) in [4.78, 5) is 10.7. The molecule has 1 N–H and O–H groups in total. The molecule has 0 amide bonds. The molecule has 0 aliphatic carbocycles. The molecule has 0 atom stereocenters. The van der Waals surface area contributed by atoms with Crippen molar-refractivity contribution in [3.8, 4) is 11.3 Å². The first-order valence-corrected chi connectivity index (χ1v) is 3.85. The van der Waals surface area contributed by atoms with E-state index < -0.39 is 5.97 Å². The number of aryl methyl sites for hydroxylation is 1. The van der Waals surface area contributed by atoms with Gasteiger partial charge in [0.2, 0.25) is 0 Å². The number of nitrogens with zero attached hydrogens (tertiary/aromatic N) is 3. The van der Waals surface area contributed by atoms with Gasteiger partial charge in [0.05, 0.1) is 6.20 Å². The maximum absolute atomic E-state index is 10.7. The second-order valence-electron chi connectivity index (χ2n) is 2.78. The molecule has 6 nitrogen and oxygen atoms in total. The number of aromatic carboxylic acids is 1. The van der Waals surface area contributed by atoms with Gasteiger partial charge in [-0.25, -0.2) is 4.79 Å². The molecule has 0 spiro atoms. The molecule has 0 aliphatic heterocycles. The van der Waals surface area contributed by atoms with Crippen molar-refractivity contribution in [3.63, 3.8) is 0 Å². The lowest BCUT2D eigenvalue weighted by molar-refractivity contribution is 0.0697. The summed E-state index contributed by atoms with van der Waals surface area (Å²) < 4.78 is 6.17. The van der Waals surface area contributed by atoms with Gasteiger partial charge in [0.1, 0.15) is 17.5 Å². The number of aromatic nitrogens is 3. The number of hydrogen-bond acceptors (Lipinski definition) is 4. The van der Waals surface area contributed by atoms with Crippen LogP contribution in [0.4, 0.5) is 0 Å². The van der Waals surface area contributed by atoms with E-state index in [0.29, 0.717) is 11.3 Å². The van der Waals surface area contributed by atoms with Crippen molar-refractivity contribution in [2.75, 3.05) is 0 Å². The topological polar surface area (TPSA) is 81.2 Å². The van der Waals surface area contributed by atoms with Crippen LogP contribution in [0, 0.1) is 0 Å². The summed E-state index contributed by atoms with van der Waals surface area (Å²) in [5.41, 5.74) is 0.960. The zero-order chi connectivity index (χ0) is 10.1. The van der Waals surface area contributed by atoms with Gasteiger partial charge < -0.3 is 9.63 Å². The van der Waals surface area contributed by atoms with Crippen molar-refractivity contribution in [2.24, 2.45) is 7.05 Å². The normalized spacial score (nSPS) is 10.4. The van der Waals surface area contributed by atoms with Gasteiger partial charge in [-0.3, -0.25) is 4.68 Å². The van der Waals surface area contributed by atoms with Crippen LogP contribution < -0.4 is 0 Å². The van der Waals surface area contributed by atoms with Gasteiger partial charge in [-0.2, -0.15) is 5.10 Å². The lowest BCUT2D eigenvalue weighted by Crippen LogP contribution is -1.96. The molecule has 0 unspecified atom stereocenters. The Bertz CT molecular complexity index is 472. The van der Waals surface area contributed by atoms with Crippen LogP contribution >= 0.6 is 0 Å². The molecule has 0 saturated heterocycles. The molecule has 2 heterocycles. The van der Waals surface area contributed by atoms with Gasteiger partial charge in [-0.1, -0.05) is 5.16 Å².